The molecule has 2 rings (SSSR count). The SMILES string of the molecule is CCCC(=O)Nc1cccc(-c2n[nH]c(C)n2)c1. The van der Waals surface area contributed by atoms with Gasteiger partial charge in [0.2, 0.25) is 5.91 Å². The summed E-state index contributed by atoms with van der Waals surface area (Å²) in [6.07, 6.45) is 1.37. The molecule has 2 aromatic rings. The summed E-state index contributed by atoms with van der Waals surface area (Å²) in [6, 6.07) is 7.52. The molecule has 0 saturated heterocycles. The van der Waals surface area contributed by atoms with Gasteiger partial charge in [0.1, 0.15) is 5.82 Å². The number of hydrogen-bond donors (Lipinski definition) is 2. The minimum atomic E-state index is 0.0285. The number of nitrogens with one attached hydrogen (secondary N) is 2. The van der Waals surface area contributed by atoms with Crippen LogP contribution in [0.1, 0.15) is 25.6 Å². The minimum absolute atomic E-state index is 0.0285. The number of H-pyrrole nitrogens is 1. The third kappa shape index (κ3) is 2.94. The molecule has 0 aliphatic heterocycles. The van der Waals surface area contributed by atoms with Gasteiger partial charge < -0.3 is 5.32 Å². The number of benzene rings is 1. The summed E-state index contributed by atoms with van der Waals surface area (Å²) in [5.41, 5.74) is 1.65. The fraction of sp³-hybridized carbons (Fsp3) is 0.308. The Kier molecular flexibility index (Phi) is 3.72. The molecule has 1 amide bonds. The average molecular weight is 244 g/mol. The van der Waals surface area contributed by atoms with E-state index in [0.717, 1.165) is 23.5 Å². The molecule has 5 heteroatoms. The fourth-order valence-electron chi connectivity index (χ4n) is 1.66. The Bertz CT molecular complexity index is 547. The van der Waals surface area contributed by atoms with Crippen LogP contribution in [-0.2, 0) is 4.79 Å². The number of anilines is 1. The smallest absolute Gasteiger partial charge is 0.224 e. The molecule has 0 saturated carbocycles. The second-order valence-electron chi connectivity index (χ2n) is 4.12. The Hall–Kier alpha value is -2.17. The normalized spacial score (nSPS) is 10.3. The first-order chi connectivity index (χ1) is 8.69. The van der Waals surface area contributed by atoms with E-state index in [1.54, 1.807) is 0 Å². The van der Waals surface area contributed by atoms with Crippen molar-refractivity contribution in [2.24, 2.45) is 0 Å². The van der Waals surface area contributed by atoms with E-state index in [-0.39, 0.29) is 5.91 Å². The molecule has 0 radical (unpaired) electrons. The van der Waals surface area contributed by atoms with Crippen molar-refractivity contribution < 1.29 is 4.79 Å². The van der Waals surface area contributed by atoms with E-state index in [0.29, 0.717) is 12.2 Å². The molecule has 1 aromatic heterocycles. The van der Waals surface area contributed by atoms with Crippen molar-refractivity contribution in [3.05, 3.63) is 30.1 Å². The number of carbonyl (C=O) groups is 1. The van der Waals surface area contributed by atoms with Gasteiger partial charge in [0, 0.05) is 17.7 Å². The van der Waals surface area contributed by atoms with Gasteiger partial charge >= 0.3 is 0 Å². The highest BCUT2D eigenvalue weighted by molar-refractivity contribution is 5.91. The molecular formula is C13H16N4O. The van der Waals surface area contributed by atoms with Crippen LogP contribution in [0, 0.1) is 6.92 Å². The summed E-state index contributed by atoms with van der Waals surface area (Å²) in [7, 11) is 0. The topological polar surface area (TPSA) is 70.7 Å². The van der Waals surface area contributed by atoms with Gasteiger partial charge in [-0.1, -0.05) is 19.1 Å². The third-order valence-corrected chi connectivity index (χ3v) is 2.48. The van der Waals surface area contributed by atoms with Crippen LogP contribution in [0.2, 0.25) is 0 Å². The molecule has 0 spiro atoms. The Morgan fingerprint density at radius 2 is 2.28 bits per heavy atom. The average Bonchev–Trinajstić information content (AvgIpc) is 2.76. The molecular weight excluding hydrogens is 228 g/mol. The summed E-state index contributed by atoms with van der Waals surface area (Å²) in [6.45, 7) is 3.83. The van der Waals surface area contributed by atoms with Crippen LogP contribution in [0.3, 0.4) is 0 Å². The van der Waals surface area contributed by atoms with E-state index in [2.05, 4.69) is 20.5 Å². The monoisotopic (exact) mass is 244 g/mol. The van der Waals surface area contributed by atoms with Crippen LogP contribution >= 0.6 is 0 Å². The van der Waals surface area contributed by atoms with Crippen molar-refractivity contribution in [3.8, 4) is 11.4 Å². The number of amides is 1. The Morgan fingerprint density at radius 1 is 1.44 bits per heavy atom. The van der Waals surface area contributed by atoms with E-state index < -0.39 is 0 Å². The maximum Gasteiger partial charge on any atom is 0.224 e. The third-order valence-electron chi connectivity index (χ3n) is 2.48. The van der Waals surface area contributed by atoms with Crippen LogP contribution in [0.4, 0.5) is 5.69 Å². The van der Waals surface area contributed by atoms with Crippen molar-refractivity contribution in [2.45, 2.75) is 26.7 Å². The highest BCUT2D eigenvalue weighted by atomic mass is 16.1. The molecule has 0 unspecified atom stereocenters. The summed E-state index contributed by atoms with van der Waals surface area (Å²) in [5.74, 6) is 1.44. The quantitative estimate of drug-likeness (QED) is 0.868. The second kappa shape index (κ2) is 5.44. The molecule has 5 nitrogen and oxygen atoms in total. The standard InChI is InChI=1S/C13H16N4O/c1-3-5-12(18)15-11-7-4-6-10(8-11)13-14-9(2)16-17-13/h4,6-8H,3,5H2,1-2H3,(H,15,18)(H,14,16,17). The molecule has 0 bridgehead atoms. The van der Waals surface area contributed by atoms with Crippen molar-refractivity contribution in [1.82, 2.24) is 15.2 Å². The molecule has 2 N–H and O–H groups in total. The van der Waals surface area contributed by atoms with Gasteiger partial charge in [0.15, 0.2) is 5.82 Å². The first kappa shape index (κ1) is 12.3. The Labute approximate surface area is 106 Å². The Balaban J connectivity index is 2.17. The van der Waals surface area contributed by atoms with Crippen LogP contribution < -0.4 is 5.32 Å². The van der Waals surface area contributed by atoms with Crippen LogP contribution in [0.5, 0.6) is 0 Å². The summed E-state index contributed by atoms with van der Waals surface area (Å²) < 4.78 is 0. The van der Waals surface area contributed by atoms with Gasteiger partial charge in [0.05, 0.1) is 0 Å². The molecule has 1 heterocycles. The molecule has 1 aromatic carbocycles. The Morgan fingerprint density at radius 3 is 2.94 bits per heavy atom. The van der Waals surface area contributed by atoms with E-state index in [4.69, 9.17) is 0 Å². The summed E-state index contributed by atoms with van der Waals surface area (Å²) in [4.78, 5) is 15.8. The second-order valence-corrected chi connectivity index (χ2v) is 4.12. The van der Waals surface area contributed by atoms with Crippen LogP contribution in [0.15, 0.2) is 24.3 Å². The van der Waals surface area contributed by atoms with Gasteiger partial charge in [0.25, 0.3) is 0 Å². The fourth-order valence-corrected chi connectivity index (χ4v) is 1.66. The van der Waals surface area contributed by atoms with Crippen molar-refractivity contribution in [1.29, 1.82) is 0 Å². The van der Waals surface area contributed by atoms with Gasteiger partial charge in [-0.05, 0) is 25.5 Å². The highest BCUT2D eigenvalue weighted by Crippen LogP contribution is 2.19. The lowest BCUT2D eigenvalue weighted by Gasteiger charge is -2.05. The number of aryl methyl sites for hydroxylation is 1. The predicted molar refractivity (Wildman–Crippen MR) is 70.1 cm³/mol. The first-order valence-corrected chi connectivity index (χ1v) is 5.98. The largest absolute Gasteiger partial charge is 0.326 e. The number of hydrogen-bond acceptors (Lipinski definition) is 3. The van der Waals surface area contributed by atoms with Crippen molar-refractivity contribution in [2.75, 3.05) is 5.32 Å². The van der Waals surface area contributed by atoms with Gasteiger partial charge in [-0.3, -0.25) is 9.89 Å². The van der Waals surface area contributed by atoms with E-state index >= 15 is 0 Å². The van der Waals surface area contributed by atoms with Crippen molar-refractivity contribution >= 4 is 11.6 Å². The molecule has 0 fully saturated rings. The number of aromatic nitrogens is 3. The van der Waals surface area contributed by atoms with Crippen molar-refractivity contribution in [3.63, 3.8) is 0 Å². The lowest BCUT2D eigenvalue weighted by atomic mass is 10.2. The minimum Gasteiger partial charge on any atom is -0.326 e. The molecule has 0 aliphatic carbocycles. The van der Waals surface area contributed by atoms with E-state index in [1.807, 2.05) is 38.1 Å². The molecule has 0 aliphatic rings. The number of nitrogens with zero attached hydrogens (tertiary/aromatic N) is 2. The van der Waals surface area contributed by atoms with Gasteiger partial charge in [-0.2, -0.15) is 5.10 Å². The zero-order valence-electron chi connectivity index (χ0n) is 10.5. The zero-order valence-corrected chi connectivity index (χ0v) is 10.5. The van der Waals surface area contributed by atoms with Crippen LogP contribution in [0.25, 0.3) is 11.4 Å². The van der Waals surface area contributed by atoms with Crippen LogP contribution in [-0.4, -0.2) is 21.1 Å². The van der Waals surface area contributed by atoms with Gasteiger partial charge in [-0.15, -0.1) is 0 Å². The number of aromatic amines is 1. The molecule has 94 valence electrons. The highest BCUT2D eigenvalue weighted by Gasteiger charge is 2.06. The lowest BCUT2D eigenvalue weighted by molar-refractivity contribution is -0.116. The lowest BCUT2D eigenvalue weighted by Crippen LogP contribution is -2.10. The zero-order chi connectivity index (χ0) is 13.0. The van der Waals surface area contributed by atoms with Gasteiger partial charge in [-0.25, -0.2) is 4.98 Å². The molecule has 18 heavy (non-hydrogen) atoms. The van der Waals surface area contributed by atoms with E-state index in [9.17, 15) is 4.79 Å². The maximum absolute atomic E-state index is 11.5. The number of rotatable bonds is 4. The number of carbonyl (C=O) groups excluding carboxylic acids is 1. The predicted octanol–water partition coefficient (Wildman–Crippen LogP) is 2.52. The maximum atomic E-state index is 11.5. The summed E-state index contributed by atoms with van der Waals surface area (Å²) in [5, 5.41) is 9.75. The first-order valence-electron chi connectivity index (χ1n) is 5.98. The van der Waals surface area contributed by atoms with E-state index in [1.165, 1.54) is 0 Å². The molecule has 0 atom stereocenters. The summed E-state index contributed by atoms with van der Waals surface area (Å²) >= 11 is 0.